The molecule has 1 heterocycles. The van der Waals surface area contributed by atoms with E-state index >= 15 is 0 Å². The molecule has 0 saturated heterocycles. The van der Waals surface area contributed by atoms with Crippen LogP contribution in [-0.4, -0.2) is 22.9 Å². The van der Waals surface area contributed by atoms with E-state index in [4.69, 9.17) is 14.7 Å². The second kappa shape index (κ2) is 6.24. The molecular formula is C19H15NO5. The van der Waals surface area contributed by atoms with E-state index in [1.807, 2.05) is 36.4 Å². The maximum Gasteiger partial charge on any atom is 0.549 e. The second-order valence-corrected chi connectivity index (χ2v) is 5.66. The van der Waals surface area contributed by atoms with E-state index in [1.54, 1.807) is 0 Å². The normalized spacial score (nSPS) is 12.3. The maximum atomic E-state index is 11.8. The maximum absolute atomic E-state index is 11.8. The lowest BCUT2D eigenvalue weighted by Crippen LogP contribution is -2.15. The Labute approximate surface area is 143 Å². The highest BCUT2D eigenvalue weighted by Crippen LogP contribution is 2.44. The predicted molar refractivity (Wildman–Crippen MR) is 89.2 cm³/mol. The Balaban J connectivity index is 1.43. The standard InChI is InChI=1S/C19H15NO5/c21-17-9-10-18(20-17)24-25-19(22)23-11-16-14-7-3-1-5-12(14)13-6-2-4-8-15(13)16/h1-10,16,20-21H,11H2. The quantitative estimate of drug-likeness (QED) is 0.427. The largest absolute Gasteiger partial charge is 0.549 e. The Morgan fingerprint density at radius 2 is 1.60 bits per heavy atom. The highest BCUT2D eigenvalue weighted by Gasteiger charge is 2.29. The zero-order valence-electron chi connectivity index (χ0n) is 13.1. The first kappa shape index (κ1) is 15.1. The zero-order chi connectivity index (χ0) is 17.2. The summed E-state index contributed by atoms with van der Waals surface area (Å²) in [6, 6.07) is 18.9. The lowest BCUT2D eigenvalue weighted by atomic mass is 9.98. The molecule has 0 aliphatic heterocycles. The van der Waals surface area contributed by atoms with E-state index in [0.29, 0.717) is 0 Å². The number of carbonyl (C=O) groups is 1. The second-order valence-electron chi connectivity index (χ2n) is 5.66. The van der Waals surface area contributed by atoms with E-state index < -0.39 is 6.16 Å². The number of carbonyl (C=O) groups excluding carboxylic acids is 1. The fourth-order valence-corrected chi connectivity index (χ4v) is 3.11. The molecule has 2 aromatic carbocycles. The van der Waals surface area contributed by atoms with Gasteiger partial charge >= 0.3 is 6.16 Å². The Hall–Kier alpha value is -3.41. The monoisotopic (exact) mass is 337 g/mol. The van der Waals surface area contributed by atoms with Gasteiger partial charge in [-0.2, -0.15) is 4.79 Å². The summed E-state index contributed by atoms with van der Waals surface area (Å²) in [7, 11) is 0. The molecule has 0 atom stereocenters. The zero-order valence-corrected chi connectivity index (χ0v) is 13.1. The number of aromatic amines is 1. The first-order valence-corrected chi connectivity index (χ1v) is 7.80. The molecule has 6 nitrogen and oxygen atoms in total. The topological polar surface area (TPSA) is 80.8 Å². The van der Waals surface area contributed by atoms with Crippen LogP contribution in [0.5, 0.6) is 11.8 Å². The smallest absolute Gasteiger partial charge is 0.495 e. The Morgan fingerprint density at radius 3 is 2.20 bits per heavy atom. The number of nitrogens with one attached hydrogen (secondary N) is 1. The van der Waals surface area contributed by atoms with Crippen LogP contribution in [0.15, 0.2) is 60.7 Å². The Morgan fingerprint density at radius 1 is 0.960 bits per heavy atom. The third-order valence-electron chi connectivity index (χ3n) is 4.17. The molecule has 0 unspecified atom stereocenters. The van der Waals surface area contributed by atoms with Crippen LogP contribution in [0.25, 0.3) is 11.1 Å². The summed E-state index contributed by atoms with van der Waals surface area (Å²) in [5, 5.41) is 9.14. The number of hydrogen-bond acceptors (Lipinski definition) is 5. The van der Waals surface area contributed by atoms with E-state index in [0.717, 1.165) is 22.3 Å². The van der Waals surface area contributed by atoms with E-state index in [1.165, 1.54) is 12.1 Å². The predicted octanol–water partition coefficient (Wildman–Crippen LogP) is 3.98. The van der Waals surface area contributed by atoms with Crippen molar-refractivity contribution in [3.8, 4) is 22.9 Å². The van der Waals surface area contributed by atoms with Gasteiger partial charge in [0.25, 0.3) is 5.88 Å². The molecule has 0 bridgehead atoms. The van der Waals surface area contributed by atoms with Crippen molar-refractivity contribution in [2.45, 2.75) is 5.92 Å². The molecule has 126 valence electrons. The van der Waals surface area contributed by atoms with Gasteiger partial charge in [0, 0.05) is 18.1 Å². The van der Waals surface area contributed by atoms with Crippen molar-refractivity contribution in [2.75, 3.05) is 6.61 Å². The van der Waals surface area contributed by atoms with Crippen LogP contribution in [0, 0.1) is 0 Å². The van der Waals surface area contributed by atoms with Gasteiger partial charge in [-0.15, -0.1) is 0 Å². The fraction of sp³-hybridized carbons (Fsp3) is 0.105. The van der Waals surface area contributed by atoms with Crippen molar-refractivity contribution in [1.29, 1.82) is 0 Å². The van der Waals surface area contributed by atoms with Crippen LogP contribution in [-0.2, 0) is 9.62 Å². The first-order valence-electron chi connectivity index (χ1n) is 7.80. The molecule has 2 N–H and O–H groups in total. The molecule has 0 amide bonds. The summed E-state index contributed by atoms with van der Waals surface area (Å²) in [5.41, 5.74) is 4.54. The number of aromatic hydroxyl groups is 1. The minimum Gasteiger partial charge on any atom is -0.495 e. The number of H-pyrrole nitrogens is 1. The van der Waals surface area contributed by atoms with Crippen molar-refractivity contribution in [2.24, 2.45) is 0 Å². The van der Waals surface area contributed by atoms with Crippen LogP contribution in [0.4, 0.5) is 4.79 Å². The number of benzene rings is 2. The van der Waals surface area contributed by atoms with Crippen LogP contribution in [0.1, 0.15) is 17.0 Å². The van der Waals surface area contributed by atoms with Gasteiger partial charge in [-0.3, -0.25) is 9.87 Å². The summed E-state index contributed by atoms with van der Waals surface area (Å²) < 4.78 is 5.21. The lowest BCUT2D eigenvalue weighted by Gasteiger charge is -2.13. The molecule has 0 radical (unpaired) electrons. The molecule has 0 spiro atoms. The number of hydrogen-bond donors (Lipinski definition) is 2. The van der Waals surface area contributed by atoms with Gasteiger partial charge in [0.2, 0.25) is 0 Å². The van der Waals surface area contributed by atoms with Gasteiger partial charge in [-0.05, 0) is 22.3 Å². The Kier molecular flexibility index (Phi) is 3.78. The molecule has 1 aliphatic carbocycles. The minimum absolute atomic E-state index is 0.0468. The van der Waals surface area contributed by atoms with E-state index in [9.17, 15) is 4.79 Å². The summed E-state index contributed by atoms with van der Waals surface area (Å²) in [6.45, 7) is 0.145. The average molecular weight is 337 g/mol. The summed E-state index contributed by atoms with van der Waals surface area (Å²) >= 11 is 0. The molecule has 6 heteroatoms. The summed E-state index contributed by atoms with van der Waals surface area (Å²) in [6.07, 6.45) is -0.948. The highest BCUT2D eigenvalue weighted by molar-refractivity contribution is 5.78. The molecule has 4 rings (SSSR count). The molecule has 1 aromatic heterocycles. The van der Waals surface area contributed by atoms with Gasteiger partial charge in [0.05, 0.1) is 0 Å². The minimum atomic E-state index is -0.948. The van der Waals surface area contributed by atoms with Crippen LogP contribution < -0.4 is 4.89 Å². The van der Waals surface area contributed by atoms with Gasteiger partial charge in [0.1, 0.15) is 6.61 Å². The summed E-state index contributed by atoms with van der Waals surface area (Å²) in [4.78, 5) is 23.5. The van der Waals surface area contributed by atoms with Gasteiger partial charge in [0.15, 0.2) is 5.88 Å². The van der Waals surface area contributed by atoms with Gasteiger partial charge in [-0.25, -0.2) is 4.89 Å². The highest BCUT2D eigenvalue weighted by atomic mass is 17.2. The lowest BCUT2D eigenvalue weighted by molar-refractivity contribution is -0.171. The average Bonchev–Trinajstić information content (AvgIpc) is 3.19. The molecule has 1 aliphatic rings. The SMILES string of the molecule is O=C(OCC1c2ccccc2-c2ccccc21)OOc1ccc(O)[nH]1. The van der Waals surface area contributed by atoms with E-state index in [-0.39, 0.29) is 24.3 Å². The number of rotatable bonds is 4. The van der Waals surface area contributed by atoms with Crippen molar-refractivity contribution in [1.82, 2.24) is 4.98 Å². The van der Waals surface area contributed by atoms with Crippen molar-refractivity contribution in [3.05, 3.63) is 71.8 Å². The van der Waals surface area contributed by atoms with Crippen LogP contribution >= 0.6 is 0 Å². The van der Waals surface area contributed by atoms with Crippen LogP contribution in [0.2, 0.25) is 0 Å². The van der Waals surface area contributed by atoms with Crippen molar-refractivity contribution >= 4 is 6.16 Å². The van der Waals surface area contributed by atoms with Crippen molar-refractivity contribution < 1.29 is 24.4 Å². The third-order valence-corrected chi connectivity index (χ3v) is 4.17. The molecule has 0 fully saturated rings. The van der Waals surface area contributed by atoms with Crippen molar-refractivity contribution in [3.63, 3.8) is 0 Å². The van der Waals surface area contributed by atoms with Gasteiger partial charge in [-0.1, -0.05) is 48.5 Å². The van der Waals surface area contributed by atoms with E-state index in [2.05, 4.69) is 22.0 Å². The summed E-state index contributed by atoms with van der Waals surface area (Å²) in [5.74, 6) is -0.0355. The molecule has 0 saturated carbocycles. The van der Waals surface area contributed by atoms with Gasteiger partial charge < -0.3 is 9.84 Å². The number of ether oxygens (including phenoxy) is 1. The first-order chi connectivity index (χ1) is 12.2. The van der Waals surface area contributed by atoms with Crippen LogP contribution in [0.3, 0.4) is 0 Å². The third kappa shape index (κ3) is 2.89. The molecule has 25 heavy (non-hydrogen) atoms. The Bertz CT molecular complexity index is 872. The fourth-order valence-electron chi connectivity index (χ4n) is 3.11. The number of fused-ring (bicyclic) bond motifs is 3. The number of aromatic nitrogens is 1. The molecular weight excluding hydrogens is 322 g/mol. The molecule has 3 aromatic rings.